The summed E-state index contributed by atoms with van der Waals surface area (Å²) in [5, 5.41) is 3.49. The van der Waals surface area contributed by atoms with Gasteiger partial charge in [-0.1, -0.05) is 39.7 Å². The fraction of sp³-hybridized carbons (Fsp3) is 0.250. The van der Waals surface area contributed by atoms with E-state index in [2.05, 4.69) is 21.2 Å². The van der Waals surface area contributed by atoms with Gasteiger partial charge < -0.3 is 10.1 Å². The van der Waals surface area contributed by atoms with Crippen molar-refractivity contribution in [2.75, 3.05) is 0 Å². The highest BCUT2D eigenvalue weighted by atomic mass is 79.9. The van der Waals surface area contributed by atoms with Crippen molar-refractivity contribution >= 4 is 27.5 Å². The van der Waals surface area contributed by atoms with Crippen molar-refractivity contribution in [3.05, 3.63) is 57.3 Å². The Morgan fingerprint density at radius 3 is 2.81 bits per heavy atom. The number of hydrogen-bond acceptors (Lipinski definition) is 2. The summed E-state index contributed by atoms with van der Waals surface area (Å²) in [5.41, 5.74) is 0.990. The van der Waals surface area contributed by atoms with Crippen LogP contribution in [-0.4, -0.2) is 6.04 Å². The zero-order valence-corrected chi connectivity index (χ0v) is 13.5. The first-order valence-electron chi connectivity index (χ1n) is 6.77. The van der Waals surface area contributed by atoms with Gasteiger partial charge in [-0.05, 0) is 37.1 Å². The standard InChI is InChI=1S/C16H14BrClFNO/c17-11-5-4-10(9-20-12-6-7-12)15(8-11)21-14-3-1-2-13(18)16(14)19/h1-5,8,12,20H,6-7,9H2. The number of nitrogens with one attached hydrogen (secondary N) is 1. The smallest absolute Gasteiger partial charge is 0.184 e. The van der Waals surface area contributed by atoms with Crippen LogP contribution >= 0.6 is 27.5 Å². The van der Waals surface area contributed by atoms with E-state index in [1.54, 1.807) is 12.1 Å². The topological polar surface area (TPSA) is 21.3 Å². The predicted molar refractivity (Wildman–Crippen MR) is 85.5 cm³/mol. The molecule has 0 aromatic heterocycles. The molecule has 21 heavy (non-hydrogen) atoms. The SMILES string of the molecule is Fc1c(Cl)cccc1Oc1cc(Br)ccc1CNC1CC1. The Morgan fingerprint density at radius 2 is 2.05 bits per heavy atom. The predicted octanol–water partition coefficient (Wildman–Crippen LogP) is 5.29. The van der Waals surface area contributed by atoms with Crippen LogP contribution in [0.1, 0.15) is 18.4 Å². The van der Waals surface area contributed by atoms with Gasteiger partial charge in [0, 0.05) is 22.6 Å². The molecule has 0 heterocycles. The Balaban J connectivity index is 1.85. The van der Waals surface area contributed by atoms with Crippen molar-refractivity contribution in [1.29, 1.82) is 0 Å². The Hall–Kier alpha value is -1.10. The van der Waals surface area contributed by atoms with Gasteiger partial charge in [-0.2, -0.15) is 0 Å². The Labute approximate surface area is 136 Å². The van der Waals surface area contributed by atoms with Gasteiger partial charge in [0.25, 0.3) is 0 Å². The molecule has 110 valence electrons. The van der Waals surface area contributed by atoms with Crippen LogP contribution in [0, 0.1) is 5.82 Å². The van der Waals surface area contributed by atoms with Gasteiger partial charge in [0.05, 0.1) is 5.02 Å². The van der Waals surface area contributed by atoms with Gasteiger partial charge >= 0.3 is 0 Å². The van der Waals surface area contributed by atoms with Gasteiger partial charge in [0.15, 0.2) is 11.6 Å². The van der Waals surface area contributed by atoms with E-state index >= 15 is 0 Å². The Morgan fingerprint density at radius 1 is 1.24 bits per heavy atom. The average Bonchev–Trinajstić information content (AvgIpc) is 3.27. The first-order valence-corrected chi connectivity index (χ1v) is 7.94. The lowest BCUT2D eigenvalue weighted by atomic mass is 10.2. The molecule has 2 nitrogen and oxygen atoms in total. The third kappa shape index (κ3) is 3.76. The minimum absolute atomic E-state index is 0.0557. The van der Waals surface area contributed by atoms with Crippen LogP contribution < -0.4 is 10.1 Å². The molecule has 0 atom stereocenters. The fourth-order valence-electron chi connectivity index (χ4n) is 1.99. The largest absolute Gasteiger partial charge is 0.454 e. The summed E-state index contributed by atoms with van der Waals surface area (Å²) >= 11 is 9.20. The second-order valence-electron chi connectivity index (χ2n) is 5.06. The van der Waals surface area contributed by atoms with E-state index in [0.29, 0.717) is 18.3 Å². The molecule has 1 fully saturated rings. The number of hydrogen-bond donors (Lipinski definition) is 1. The molecule has 0 spiro atoms. The molecule has 1 saturated carbocycles. The van der Waals surface area contributed by atoms with Crippen molar-refractivity contribution in [2.24, 2.45) is 0 Å². The lowest BCUT2D eigenvalue weighted by Crippen LogP contribution is -2.15. The van der Waals surface area contributed by atoms with Gasteiger partial charge in [-0.3, -0.25) is 0 Å². The zero-order valence-electron chi connectivity index (χ0n) is 11.2. The van der Waals surface area contributed by atoms with Crippen molar-refractivity contribution in [3.8, 4) is 11.5 Å². The normalized spacial score (nSPS) is 14.2. The highest BCUT2D eigenvalue weighted by Gasteiger charge is 2.21. The molecule has 1 aliphatic carbocycles. The second-order valence-corrected chi connectivity index (χ2v) is 6.38. The fourth-order valence-corrected chi connectivity index (χ4v) is 2.50. The van der Waals surface area contributed by atoms with Gasteiger partial charge in [0.2, 0.25) is 0 Å². The first kappa shape index (κ1) is 14.8. The highest BCUT2D eigenvalue weighted by molar-refractivity contribution is 9.10. The molecule has 0 radical (unpaired) electrons. The maximum Gasteiger partial charge on any atom is 0.184 e. The quantitative estimate of drug-likeness (QED) is 0.772. The third-order valence-electron chi connectivity index (χ3n) is 3.32. The summed E-state index contributed by atoms with van der Waals surface area (Å²) in [4.78, 5) is 0. The second kappa shape index (κ2) is 6.34. The van der Waals surface area contributed by atoms with Gasteiger partial charge in [-0.25, -0.2) is 4.39 Å². The maximum absolute atomic E-state index is 14.0. The summed E-state index contributed by atoms with van der Waals surface area (Å²) in [7, 11) is 0. The van der Waals surface area contributed by atoms with E-state index in [1.807, 2.05) is 18.2 Å². The molecule has 3 rings (SSSR count). The van der Waals surface area contributed by atoms with Crippen LogP contribution in [0.5, 0.6) is 11.5 Å². The highest BCUT2D eigenvalue weighted by Crippen LogP contribution is 2.33. The van der Waals surface area contributed by atoms with Crippen LogP contribution in [0.3, 0.4) is 0 Å². The minimum atomic E-state index is -0.541. The maximum atomic E-state index is 14.0. The Kier molecular flexibility index (Phi) is 4.48. The molecule has 2 aromatic rings. The summed E-state index contributed by atoms with van der Waals surface area (Å²) in [6.45, 7) is 0.704. The van der Waals surface area contributed by atoms with Crippen LogP contribution in [0.4, 0.5) is 4.39 Å². The van der Waals surface area contributed by atoms with E-state index in [1.165, 1.54) is 18.9 Å². The summed E-state index contributed by atoms with van der Waals surface area (Å²) < 4.78 is 20.6. The summed E-state index contributed by atoms with van der Waals surface area (Å²) in [5.74, 6) is 0.215. The monoisotopic (exact) mass is 369 g/mol. The van der Waals surface area contributed by atoms with E-state index in [0.717, 1.165) is 10.0 Å². The molecule has 0 aliphatic heterocycles. The average molecular weight is 371 g/mol. The molecule has 0 saturated heterocycles. The van der Waals surface area contributed by atoms with Crippen LogP contribution in [0.2, 0.25) is 5.02 Å². The van der Waals surface area contributed by atoms with Crippen LogP contribution in [-0.2, 0) is 6.54 Å². The third-order valence-corrected chi connectivity index (χ3v) is 4.11. The molecule has 5 heteroatoms. The van der Waals surface area contributed by atoms with Crippen molar-refractivity contribution in [2.45, 2.75) is 25.4 Å². The van der Waals surface area contributed by atoms with Crippen molar-refractivity contribution in [3.63, 3.8) is 0 Å². The minimum Gasteiger partial charge on any atom is -0.454 e. The molecule has 0 unspecified atom stereocenters. The number of ether oxygens (including phenoxy) is 1. The Bertz CT molecular complexity index is 661. The van der Waals surface area contributed by atoms with E-state index in [4.69, 9.17) is 16.3 Å². The molecular weight excluding hydrogens is 357 g/mol. The molecule has 0 bridgehead atoms. The summed E-state index contributed by atoms with van der Waals surface area (Å²) in [6, 6.07) is 11.1. The lowest BCUT2D eigenvalue weighted by Gasteiger charge is -2.13. The molecule has 0 amide bonds. The van der Waals surface area contributed by atoms with Crippen LogP contribution in [0.25, 0.3) is 0 Å². The first-order chi connectivity index (χ1) is 10.1. The van der Waals surface area contributed by atoms with Gasteiger partial charge in [-0.15, -0.1) is 0 Å². The summed E-state index contributed by atoms with van der Waals surface area (Å²) in [6.07, 6.45) is 2.44. The molecule has 1 aliphatic rings. The molecule has 1 N–H and O–H groups in total. The zero-order chi connectivity index (χ0) is 14.8. The number of rotatable bonds is 5. The lowest BCUT2D eigenvalue weighted by molar-refractivity contribution is 0.435. The van der Waals surface area contributed by atoms with Crippen LogP contribution in [0.15, 0.2) is 40.9 Å². The molecule has 2 aromatic carbocycles. The van der Waals surface area contributed by atoms with E-state index in [-0.39, 0.29) is 10.8 Å². The van der Waals surface area contributed by atoms with E-state index < -0.39 is 5.82 Å². The van der Waals surface area contributed by atoms with Crippen molar-refractivity contribution in [1.82, 2.24) is 5.32 Å². The van der Waals surface area contributed by atoms with Crippen molar-refractivity contribution < 1.29 is 9.13 Å². The number of benzene rings is 2. The van der Waals surface area contributed by atoms with E-state index in [9.17, 15) is 4.39 Å². The van der Waals surface area contributed by atoms with Gasteiger partial charge in [0.1, 0.15) is 5.75 Å². The molecular formula is C16H14BrClFNO. The number of halogens is 3.